The van der Waals surface area contributed by atoms with Crippen molar-refractivity contribution in [1.82, 2.24) is 0 Å². The molecule has 7 heteroatoms. The maximum Gasteiger partial charge on any atom is 0.424 e. The number of halogens is 2. The number of hydrogen-bond donors (Lipinski definition) is 1. The molecule has 21 heavy (non-hydrogen) atoms. The molecule has 0 bridgehead atoms. The molecule has 0 aliphatic rings. The van der Waals surface area contributed by atoms with Gasteiger partial charge in [0, 0.05) is 4.47 Å². The molecule has 5 nitrogen and oxygen atoms in total. The number of rotatable bonds is 1. The molecule has 0 radical (unpaired) electrons. The first-order valence-electron chi connectivity index (χ1n) is 6.17. The number of imide groups is 1. The van der Waals surface area contributed by atoms with Crippen LogP contribution < -0.4 is 4.90 Å². The SMILES string of the molecule is Cc1cc(Br)c(C)c(N(C(=O)O)C(=O)OC(C)(C)C)c1F. The minimum atomic E-state index is -1.61. The zero-order valence-electron chi connectivity index (χ0n) is 12.5. The van der Waals surface area contributed by atoms with Crippen LogP contribution >= 0.6 is 15.9 Å². The van der Waals surface area contributed by atoms with E-state index in [2.05, 4.69) is 15.9 Å². The number of ether oxygens (including phenoxy) is 1. The zero-order chi connectivity index (χ0) is 16.5. The van der Waals surface area contributed by atoms with Crippen LogP contribution in [0.25, 0.3) is 0 Å². The van der Waals surface area contributed by atoms with Crippen molar-refractivity contribution in [3.63, 3.8) is 0 Å². The Morgan fingerprint density at radius 3 is 2.29 bits per heavy atom. The third kappa shape index (κ3) is 3.93. The number of anilines is 1. The van der Waals surface area contributed by atoms with Gasteiger partial charge in [-0.2, -0.15) is 4.90 Å². The first kappa shape index (κ1) is 17.4. The smallest absolute Gasteiger partial charge is 0.424 e. The van der Waals surface area contributed by atoms with E-state index < -0.39 is 23.6 Å². The summed E-state index contributed by atoms with van der Waals surface area (Å²) in [5, 5.41) is 9.27. The van der Waals surface area contributed by atoms with Crippen LogP contribution in [0.15, 0.2) is 10.5 Å². The number of carbonyl (C=O) groups excluding carboxylic acids is 1. The zero-order valence-corrected chi connectivity index (χ0v) is 14.0. The van der Waals surface area contributed by atoms with Gasteiger partial charge < -0.3 is 9.84 Å². The van der Waals surface area contributed by atoms with Gasteiger partial charge in [-0.25, -0.2) is 14.0 Å². The molecule has 0 aromatic heterocycles. The highest BCUT2D eigenvalue weighted by atomic mass is 79.9. The van der Waals surface area contributed by atoms with E-state index in [0.717, 1.165) is 0 Å². The fraction of sp³-hybridized carbons (Fsp3) is 0.429. The van der Waals surface area contributed by atoms with Crippen LogP contribution in [-0.4, -0.2) is 22.9 Å². The van der Waals surface area contributed by atoms with E-state index in [1.165, 1.54) is 19.9 Å². The molecule has 2 amide bonds. The average Bonchev–Trinajstić information content (AvgIpc) is 2.29. The van der Waals surface area contributed by atoms with E-state index in [-0.39, 0.29) is 16.2 Å². The number of aryl methyl sites for hydroxylation is 1. The Morgan fingerprint density at radius 1 is 1.33 bits per heavy atom. The molecule has 0 atom stereocenters. The van der Waals surface area contributed by atoms with Crippen molar-refractivity contribution in [1.29, 1.82) is 0 Å². The van der Waals surface area contributed by atoms with E-state index in [4.69, 9.17) is 4.74 Å². The van der Waals surface area contributed by atoms with Crippen LogP contribution in [0, 0.1) is 19.7 Å². The van der Waals surface area contributed by atoms with Crippen molar-refractivity contribution >= 4 is 33.8 Å². The van der Waals surface area contributed by atoms with Crippen LogP contribution in [0.1, 0.15) is 31.9 Å². The van der Waals surface area contributed by atoms with Gasteiger partial charge in [-0.05, 0) is 51.8 Å². The van der Waals surface area contributed by atoms with Crippen LogP contribution in [-0.2, 0) is 4.74 Å². The maximum atomic E-state index is 14.3. The summed E-state index contributed by atoms with van der Waals surface area (Å²) in [6, 6.07) is 1.52. The molecule has 1 aromatic carbocycles. The van der Waals surface area contributed by atoms with Crippen molar-refractivity contribution in [3.05, 3.63) is 27.5 Å². The minimum absolute atomic E-state index is 0.220. The highest BCUT2D eigenvalue weighted by Crippen LogP contribution is 2.33. The standard InChI is InChI=1S/C14H17BrFNO4/c1-7-6-9(15)8(2)11(10(7)16)17(12(18)19)13(20)21-14(3,4)5/h6H,1-5H3,(H,18,19). The Labute approximate surface area is 130 Å². The van der Waals surface area contributed by atoms with Crippen molar-refractivity contribution in [3.8, 4) is 0 Å². The van der Waals surface area contributed by atoms with E-state index in [1.54, 1.807) is 20.8 Å². The van der Waals surface area contributed by atoms with Gasteiger partial charge in [0.05, 0.1) is 5.69 Å². The second kappa shape index (κ2) is 6.01. The van der Waals surface area contributed by atoms with Gasteiger partial charge in [0.1, 0.15) is 5.60 Å². The van der Waals surface area contributed by atoms with E-state index in [9.17, 15) is 19.1 Å². The molecule has 0 fully saturated rings. The summed E-state index contributed by atoms with van der Waals surface area (Å²) in [5.74, 6) is -0.774. The summed E-state index contributed by atoms with van der Waals surface area (Å²) in [7, 11) is 0. The molecule has 0 spiro atoms. The first-order chi connectivity index (χ1) is 9.45. The molecule has 0 saturated carbocycles. The number of benzene rings is 1. The maximum absolute atomic E-state index is 14.3. The lowest BCUT2D eigenvalue weighted by Gasteiger charge is -2.26. The topological polar surface area (TPSA) is 66.8 Å². The second-order valence-electron chi connectivity index (χ2n) is 5.56. The third-order valence-corrected chi connectivity index (χ3v) is 3.43. The summed E-state index contributed by atoms with van der Waals surface area (Å²) in [6.45, 7) is 7.79. The predicted octanol–water partition coefficient (Wildman–Crippen LogP) is 4.62. The Kier molecular flexibility index (Phi) is 4.99. The summed E-state index contributed by atoms with van der Waals surface area (Å²) < 4.78 is 19.8. The van der Waals surface area contributed by atoms with Crippen molar-refractivity contribution in [2.24, 2.45) is 0 Å². The first-order valence-corrected chi connectivity index (χ1v) is 6.96. The van der Waals surface area contributed by atoms with Crippen LogP contribution in [0.2, 0.25) is 0 Å². The average molecular weight is 362 g/mol. The Balaban J connectivity index is 3.44. The van der Waals surface area contributed by atoms with Crippen molar-refractivity contribution < 1.29 is 23.8 Å². The van der Waals surface area contributed by atoms with Crippen LogP contribution in [0.4, 0.5) is 19.7 Å². The summed E-state index contributed by atoms with van der Waals surface area (Å²) in [5.41, 5.74) is -0.705. The molecule has 0 unspecified atom stereocenters. The number of hydrogen-bond acceptors (Lipinski definition) is 3. The lowest BCUT2D eigenvalue weighted by molar-refractivity contribution is 0.0580. The van der Waals surface area contributed by atoms with Crippen LogP contribution in [0.3, 0.4) is 0 Å². The van der Waals surface area contributed by atoms with Gasteiger partial charge in [-0.1, -0.05) is 15.9 Å². The predicted molar refractivity (Wildman–Crippen MR) is 80.3 cm³/mol. The number of nitrogens with zero attached hydrogens (tertiary/aromatic N) is 1. The third-order valence-electron chi connectivity index (χ3n) is 2.60. The Morgan fingerprint density at radius 2 is 1.86 bits per heavy atom. The second-order valence-corrected chi connectivity index (χ2v) is 6.42. The Hall–Kier alpha value is -1.63. The molecule has 0 aliphatic heterocycles. The molecular formula is C14H17BrFNO4. The van der Waals surface area contributed by atoms with Crippen LogP contribution in [0.5, 0.6) is 0 Å². The van der Waals surface area contributed by atoms with Gasteiger partial charge in [0.25, 0.3) is 0 Å². The van der Waals surface area contributed by atoms with Gasteiger partial charge in [-0.3, -0.25) is 0 Å². The molecule has 0 aliphatic carbocycles. The molecule has 0 saturated heterocycles. The van der Waals surface area contributed by atoms with Crippen molar-refractivity contribution in [2.45, 2.75) is 40.2 Å². The number of carboxylic acid groups (broad SMARTS) is 1. The highest BCUT2D eigenvalue weighted by molar-refractivity contribution is 9.10. The van der Waals surface area contributed by atoms with Gasteiger partial charge in [-0.15, -0.1) is 0 Å². The molecule has 1 aromatic rings. The van der Waals surface area contributed by atoms with Crippen molar-refractivity contribution in [2.75, 3.05) is 4.90 Å². The monoisotopic (exact) mass is 361 g/mol. The quantitative estimate of drug-likeness (QED) is 0.791. The van der Waals surface area contributed by atoms with Gasteiger partial charge in [0.2, 0.25) is 0 Å². The molecular weight excluding hydrogens is 345 g/mol. The minimum Gasteiger partial charge on any atom is -0.464 e. The van der Waals surface area contributed by atoms with Gasteiger partial charge >= 0.3 is 12.2 Å². The van der Waals surface area contributed by atoms with E-state index in [0.29, 0.717) is 10.0 Å². The lowest BCUT2D eigenvalue weighted by atomic mass is 10.1. The molecule has 0 heterocycles. The molecule has 116 valence electrons. The summed E-state index contributed by atoms with van der Waals surface area (Å²) in [4.78, 5) is 23.8. The lowest BCUT2D eigenvalue weighted by Crippen LogP contribution is -2.41. The number of amides is 2. The summed E-state index contributed by atoms with van der Waals surface area (Å²) in [6.07, 6.45) is -2.75. The van der Waals surface area contributed by atoms with E-state index >= 15 is 0 Å². The highest BCUT2D eigenvalue weighted by Gasteiger charge is 2.33. The molecule has 1 N–H and O–H groups in total. The summed E-state index contributed by atoms with van der Waals surface area (Å²) >= 11 is 3.22. The largest absolute Gasteiger partial charge is 0.464 e. The Bertz CT molecular complexity index is 569. The van der Waals surface area contributed by atoms with Gasteiger partial charge in [0.15, 0.2) is 5.82 Å². The molecule has 1 rings (SSSR count). The van der Waals surface area contributed by atoms with E-state index in [1.807, 2.05) is 0 Å². The fourth-order valence-corrected chi connectivity index (χ4v) is 2.20. The number of carbonyl (C=O) groups is 2. The normalized spacial score (nSPS) is 11.2. The fourth-order valence-electron chi connectivity index (χ4n) is 1.66.